The number of aromatic nitrogens is 2. The minimum absolute atomic E-state index is 0.372. The van der Waals surface area contributed by atoms with Crippen LogP contribution in [0.2, 0.25) is 0 Å². The molecule has 0 atom stereocenters. The van der Waals surface area contributed by atoms with E-state index in [2.05, 4.69) is 9.97 Å². The van der Waals surface area contributed by atoms with Gasteiger partial charge in [0.25, 0.3) is 0 Å². The van der Waals surface area contributed by atoms with E-state index in [0.717, 1.165) is 11.3 Å². The molecule has 1 saturated heterocycles. The van der Waals surface area contributed by atoms with Gasteiger partial charge in [0.2, 0.25) is 0 Å². The van der Waals surface area contributed by atoms with E-state index in [4.69, 9.17) is 13.7 Å². The minimum atomic E-state index is -0.481. The van der Waals surface area contributed by atoms with Gasteiger partial charge < -0.3 is 13.7 Å². The first kappa shape index (κ1) is 13.3. The van der Waals surface area contributed by atoms with E-state index in [1.807, 2.05) is 33.8 Å². The molecule has 0 amide bonds. The Bertz CT molecular complexity index is 577. The molecule has 2 aromatic heterocycles. The number of rotatable bonds is 2. The molecule has 0 bridgehead atoms. The largest absolute Gasteiger partial charge is 0.516 e. The number of nitrogens with zero attached hydrogens (tertiary/aromatic N) is 2. The Balaban J connectivity index is 1.83. The van der Waals surface area contributed by atoms with Crippen LogP contribution in [0.15, 0.2) is 35.4 Å². The summed E-state index contributed by atoms with van der Waals surface area (Å²) in [4.78, 5) is 8.77. The van der Waals surface area contributed by atoms with Crippen LogP contribution in [0, 0.1) is 0 Å². The zero-order valence-corrected chi connectivity index (χ0v) is 12.1. The summed E-state index contributed by atoms with van der Waals surface area (Å²) in [5.74, 6) is 0. The van der Waals surface area contributed by atoms with E-state index in [1.165, 1.54) is 0 Å². The molecule has 0 N–H and O–H groups in total. The van der Waals surface area contributed by atoms with E-state index in [1.54, 1.807) is 24.9 Å². The summed E-state index contributed by atoms with van der Waals surface area (Å²) in [6, 6.07) is 1.85. The maximum Gasteiger partial charge on any atom is 0.516 e. The molecule has 0 aliphatic carbocycles. The van der Waals surface area contributed by atoms with Crippen LogP contribution in [-0.4, -0.2) is 28.3 Å². The molecule has 20 heavy (non-hydrogen) atoms. The van der Waals surface area contributed by atoms with E-state index in [0.29, 0.717) is 5.59 Å². The van der Waals surface area contributed by atoms with Crippen molar-refractivity contribution in [2.45, 2.75) is 38.9 Å². The van der Waals surface area contributed by atoms with Crippen LogP contribution in [-0.2, 0) is 9.31 Å². The van der Waals surface area contributed by atoms with Gasteiger partial charge in [-0.15, -0.1) is 0 Å². The third kappa shape index (κ3) is 2.15. The second-order valence-corrected chi connectivity index (χ2v) is 5.93. The molecular formula is C14H17BN2O3. The summed E-state index contributed by atoms with van der Waals surface area (Å²) in [7, 11) is -0.481. The van der Waals surface area contributed by atoms with E-state index in [9.17, 15) is 0 Å². The zero-order valence-electron chi connectivity index (χ0n) is 12.1. The molecule has 0 unspecified atom stereocenters. The van der Waals surface area contributed by atoms with Crippen molar-refractivity contribution in [3.8, 4) is 11.3 Å². The van der Waals surface area contributed by atoms with Crippen LogP contribution in [0.25, 0.3) is 11.3 Å². The van der Waals surface area contributed by atoms with Crippen molar-refractivity contribution < 1.29 is 13.7 Å². The van der Waals surface area contributed by atoms with Crippen LogP contribution >= 0.6 is 0 Å². The van der Waals surface area contributed by atoms with Crippen molar-refractivity contribution in [3.63, 3.8) is 0 Å². The van der Waals surface area contributed by atoms with Crippen molar-refractivity contribution in [2.24, 2.45) is 0 Å². The molecule has 2 aromatic rings. The summed E-state index contributed by atoms with van der Waals surface area (Å²) < 4.78 is 16.9. The fraction of sp³-hybridized carbons (Fsp3) is 0.429. The third-order valence-corrected chi connectivity index (χ3v) is 3.98. The number of hydrogen-bond acceptors (Lipinski definition) is 5. The number of hydrogen-bond donors (Lipinski definition) is 0. The molecule has 1 aliphatic rings. The predicted octanol–water partition coefficient (Wildman–Crippen LogP) is 2.04. The molecule has 0 saturated carbocycles. The Labute approximate surface area is 118 Å². The highest BCUT2D eigenvalue weighted by Crippen LogP contribution is 2.36. The highest BCUT2D eigenvalue weighted by molar-refractivity contribution is 6.61. The second-order valence-electron chi connectivity index (χ2n) is 5.93. The van der Waals surface area contributed by atoms with Crippen LogP contribution < -0.4 is 5.59 Å². The molecule has 3 heterocycles. The van der Waals surface area contributed by atoms with Crippen molar-refractivity contribution in [1.29, 1.82) is 0 Å². The standard InChI is InChI=1S/C14H17BN2O3/c1-13(2)14(3,4)20-15(19-13)12-8-16-11(7-17-12)10-5-6-18-9-10/h5-9H,1-4H3. The van der Waals surface area contributed by atoms with Gasteiger partial charge in [0.1, 0.15) is 0 Å². The van der Waals surface area contributed by atoms with Crippen molar-refractivity contribution in [1.82, 2.24) is 9.97 Å². The van der Waals surface area contributed by atoms with Gasteiger partial charge in [0.05, 0.1) is 41.2 Å². The maximum absolute atomic E-state index is 5.94. The molecule has 6 heteroatoms. The van der Waals surface area contributed by atoms with Crippen molar-refractivity contribution >= 4 is 12.7 Å². The summed E-state index contributed by atoms with van der Waals surface area (Å²) in [5, 5.41) is 0. The highest BCUT2D eigenvalue weighted by Gasteiger charge is 2.52. The molecule has 0 aromatic carbocycles. The van der Waals surface area contributed by atoms with Gasteiger partial charge in [-0.05, 0) is 33.8 Å². The smallest absolute Gasteiger partial charge is 0.472 e. The molecule has 3 rings (SSSR count). The van der Waals surface area contributed by atoms with Crippen molar-refractivity contribution in [3.05, 3.63) is 31.0 Å². The summed E-state index contributed by atoms with van der Waals surface area (Å²) in [5.41, 5.74) is 1.60. The molecule has 1 aliphatic heterocycles. The molecule has 0 spiro atoms. The predicted molar refractivity (Wildman–Crippen MR) is 75.5 cm³/mol. The van der Waals surface area contributed by atoms with E-state index < -0.39 is 7.12 Å². The van der Waals surface area contributed by atoms with Gasteiger partial charge in [0.15, 0.2) is 0 Å². The lowest BCUT2D eigenvalue weighted by Gasteiger charge is -2.32. The molecular weight excluding hydrogens is 255 g/mol. The monoisotopic (exact) mass is 272 g/mol. The molecule has 104 valence electrons. The van der Waals surface area contributed by atoms with Crippen molar-refractivity contribution in [2.75, 3.05) is 0 Å². The lowest BCUT2D eigenvalue weighted by molar-refractivity contribution is 0.00578. The first-order valence-corrected chi connectivity index (χ1v) is 6.59. The normalized spacial score (nSPS) is 20.3. The van der Waals surface area contributed by atoms with Gasteiger partial charge in [0, 0.05) is 11.8 Å². The average Bonchev–Trinajstić information content (AvgIpc) is 2.97. The maximum atomic E-state index is 5.94. The minimum Gasteiger partial charge on any atom is -0.472 e. The zero-order chi connectivity index (χ0) is 14.4. The van der Waals surface area contributed by atoms with Crippen LogP contribution in [0.5, 0.6) is 0 Å². The summed E-state index contributed by atoms with van der Waals surface area (Å²) in [6.45, 7) is 8.06. The first-order chi connectivity index (χ1) is 9.39. The van der Waals surface area contributed by atoms with Crippen LogP contribution in [0.3, 0.4) is 0 Å². The lowest BCUT2D eigenvalue weighted by Crippen LogP contribution is -2.41. The number of furan rings is 1. The van der Waals surface area contributed by atoms with Gasteiger partial charge in [-0.2, -0.15) is 0 Å². The Morgan fingerprint density at radius 3 is 2.20 bits per heavy atom. The highest BCUT2D eigenvalue weighted by atomic mass is 16.7. The topological polar surface area (TPSA) is 57.4 Å². The molecule has 0 radical (unpaired) electrons. The van der Waals surface area contributed by atoms with Gasteiger partial charge >= 0.3 is 7.12 Å². The Morgan fingerprint density at radius 2 is 1.70 bits per heavy atom. The fourth-order valence-corrected chi connectivity index (χ4v) is 1.98. The van der Waals surface area contributed by atoms with Gasteiger partial charge in [-0.1, -0.05) is 0 Å². The fourth-order valence-electron chi connectivity index (χ4n) is 1.98. The quantitative estimate of drug-likeness (QED) is 0.783. The first-order valence-electron chi connectivity index (χ1n) is 6.59. The van der Waals surface area contributed by atoms with E-state index in [-0.39, 0.29) is 11.2 Å². The van der Waals surface area contributed by atoms with Crippen LogP contribution in [0.1, 0.15) is 27.7 Å². The Hall–Kier alpha value is -1.66. The average molecular weight is 272 g/mol. The Morgan fingerprint density at radius 1 is 1.00 bits per heavy atom. The van der Waals surface area contributed by atoms with E-state index >= 15 is 0 Å². The molecule has 5 nitrogen and oxygen atoms in total. The second kappa shape index (κ2) is 4.43. The van der Waals surface area contributed by atoms with Gasteiger partial charge in [-0.3, -0.25) is 9.97 Å². The SMILES string of the molecule is CC1(C)OB(c2cnc(-c3ccoc3)cn2)OC1(C)C. The summed E-state index contributed by atoms with van der Waals surface area (Å²) >= 11 is 0. The third-order valence-electron chi connectivity index (χ3n) is 3.98. The molecule has 1 fully saturated rings. The van der Waals surface area contributed by atoms with Crippen LogP contribution in [0.4, 0.5) is 0 Å². The lowest BCUT2D eigenvalue weighted by atomic mass is 9.85. The van der Waals surface area contributed by atoms with Gasteiger partial charge in [-0.25, -0.2) is 0 Å². The Kier molecular flexibility index (Phi) is 2.95. The summed E-state index contributed by atoms with van der Waals surface area (Å²) in [6.07, 6.45) is 6.63.